The van der Waals surface area contributed by atoms with Crippen molar-refractivity contribution in [3.8, 4) is 0 Å². The van der Waals surface area contributed by atoms with E-state index in [4.69, 9.17) is 4.74 Å². The number of halogens is 2. The van der Waals surface area contributed by atoms with Gasteiger partial charge in [0.2, 0.25) is 10.0 Å². The maximum absolute atomic E-state index is 13.2. The highest BCUT2D eigenvalue weighted by Gasteiger charge is 2.14. The average molecular weight is 413 g/mol. The summed E-state index contributed by atoms with van der Waals surface area (Å²) in [6.45, 7) is 3.16. The molecular weight excluding hydrogens is 392 g/mol. The first kappa shape index (κ1) is 20.4. The third kappa shape index (κ3) is 6.08. The Hall–Kier alpha value is -2.37. The number of hydrogen-bond donors (Lipinski definition) is 2. The lowest BCUT2D eigenvalue weighted by atomic mass is 10.2. The molecule has 1 fully saturated rings. The second-order valence-electron chi connectivity index (χ2n) is 6.22. The zero-order valence-electron chi connectivity index (χ0n) is 15.1. The fourth-order valence-electron chi connectivity index (χ4n) is 2.77. The van der Waals surface area contributed by atoms with E-state index in [-0.39, 0.29) is 18.7 Å². The summed E-state index contributed by atoms with van der Waals surface area (Å²) in [5.41, 5.74) is 0.0453. The molecule has 11 heteroatoms. The summed E-state index contributed by atoms with van der Waals surface area (Å²) in [4.78, 5) is 10.4. The summed E-state index contributed by atoms with van der Waals surface area (Å²) in [5.74, 6) is -0.785. The Morgan fingerprint density at radius 3 is 2.46 bits per heavy atom. The molecule has 0 spiro atoms. The second kappa shape index (κ2) is 9.22. The number of hydrogen-bond acceptors (Lipinski definition) is 7. The number of anilines is 2. The van der Waals surface area contributed by atoms with Gasteiger partial charge in [0.05, 0.1) is 19.0 Å². The molecule has 152 valence electrons. The summed E-state index contributed by atoms with van der Waals surface area (Å²) >= 11 is 0. The molecule has 8 nitrogen and oxygen atoms in total. The van der Waals surface area contributed by atoms with E-state index in [0.717, 1.165) is 31.0 Å². The molecule has 2 N–H and O–H groups in total. The summed E-state index contributed by atoms with van der Waals surface area (Å²) in [5, 5.41) is 3.02. The minimum Gasteiger partial charge on any atom is -0.378 e. The van der Waals surface area contributed by atoms with Gasteiger partial charge in [-0.2, -0.15) is 0 Å². The fourth-order valence-corrected chi connectivity index (χ4v) is 3.89. The molecule has 0 saturated carbocycles. The monoisotopic (exact) mass is 413 g/mol. The minimum absolute atomic E-state index is 0.0453. The van der Waals surface area contributed by atoms with Crippen LogP contribution < -0.4 is 14.9 Å². The van der Waals surface area contributed by atoms with Crippen LogP contribution >= 0.6 is 0 Å². The van der Waals surface area contributed by atoms with Gasteiger partial charge in [-0.05, 0) is 17.7 Å². The predicted molar refractivity (Wildman–Crippen MR) is 101 cm³/mol. The molecule has 1 saturated heterocycles. The average Bonchev–Trinajstić information content (AvgIpc) is 2.65. The van der Waals surface area contributed by atoms with Crippen LogP contribution in [-0.2, 0) is 20.5 Å². The standard InChI is InChI=1S/C17H21F2N5O3S/c18-14-7-13(8-15(19)9-14)11-28(25,26)23-2-1-20-16-10-17(22-12-21-16)24-3-5-27-6-4-24/h7-10,12,23H,1-6,11H2,(H,20,21,22). The molecule has 0 amide bonds. The first-order valence-electron chi connectivity index (χ1n) is 8.72. The van der Waals surface area contributed by atoms with E-state index in [2.05, 4.69) is 24.9 Å². The van der Waals surface area contributed by atoms with Crippen molar-refractivity contribution < 1.29 is 21.9 Å². The molecule has 1 aliphatic heterocycles. The third-order valence-corrected chi connectivity index (χ3v) is 5.38. The van der Waals surface area contributed by atoms with Crippen LogP contribution in [-0.4, -0.2) is 57.8 Å². The number of morpholine rings is 1. The lowest BCUT2D eigenvalue weighted by Gasteiger charge is -2.27. The Balaban J connectivity index is 1.48. The van der Waals surface area contributed by atoms with Crippen molar-refractivity contribution in [1.82, 2.24) is 14.7 Å². The zero-order valence-corrected chi connectivity index (χ0v) is 15.9. The van der Waals surface area contributed by atoms with E-state index >= 15 is 0 Å². The number of rotatable bonds is 8. The van der Waals surface area contributed by atoms with Crippen LogP contribution in [0.5, 0.6) is 0 Å². The van der Waals surface area contributed by atoms with Crippen LogP contribution in [0.4, 0.5) is 20.4 Å². The summed E-state index contributed by atoms with van der Waals surface area (Å²) in [7, 11) is -3.73. The number of aromatic nitrogens is 2. The van der Waals surface area contributed by atoms with E-state index in [1.807, 2.05) is 0 Å². The van der Waals surface area contributed by atoms with Crippen molar-refractivity contribution in [1.29, 1.82) is 0 Å². The predicted octanol–water partition coefficient (Wildman–Crippen LogP) is 1.12. The summed E-state index contributed by atoms with van der Waals surface area (Å²) in [6.07, 6.45) is 1.44. The highest BCUT2D eigenvalue weighted by Crippen LogP contribution is 2.15. The molecule has 0 bridgehead atoms. The molecule has 1 aliphatic rings. The largest absolute Gasteiger partial charge is 0.378 e. The maximum Gasteiger partial charge on any atom is 0.215 e. The van der Waals surface area contributed by atoms with Crippen LogP contribution in [0.1, 0.15) is 5.56 Å². The fraction of sp³-hybridized carbons (Fsp3) is 0.412. The number of sulfonamides is 1. The quantitative estimate of drug-likeness (QED) is 0.626. The van der Waals surface area contributed by atoms with Crippen LogP contribution in [0, 0.1) is 11.6 Å². The van der Waals surface area contributed by atoms with Gasteiger partial charge in [-0.3, -0.25) is 0 Å². The van der Waals surface area contributed by atoms with Crippen molar-refractivity contribution in [2.75, 3.05) is 49.6 Å². The smallest absolute Gasteiger partial charge is 0.215 e. The minimum atomic E-state index is -3.73. The Kier molecular flexibility index (Phi) is 6.70. The highest BCUT2D eigenvalue weighted by atomic mass is 32.2. The van der Waals surface area contributed by atoms with Gasteiger partial charge >= 0.3 is 0 Å². The van der Waals surface area contributed by atoms with Crippen LogP contribution in [0.25, 0.3) is 0 Å². The Labute approximate surface area is 162 Å². The zero-order chi connectivity index (χ0) is 20.0. The molecule has 0 aliphatic carbocycles. The summed E-state index contributed by atoms with van der Waals surface area (Å²) < 4.78 is 58.2. The lowest BCUT2D eigenvalue weighted by molar-refractivity contribution is 0.122. The van der Waals surface area contributed by atoms with Crippen LogP contribution in [0.15, 0.2) is 30.6 Å². The van der Waals surface area contributed by atoms with Crippen molar-refractivity contribution in [3.63, 3.8) is 0 Å². The van der Waals surface area contributed by atoms with Crippen molar-refractivity contribution >= 4 is 21.7 Å². The number of nitrogens with one attached hydrogen (secondary N) is 2. The van der Waals surface area contributed by atoms with E-state index < -0.39 is 27.4 Å². The third-order valence-electron chi connectivity index (χ3n) is 4.02. The molecule has 28 heavy (non-hydrogen) atoms. The van der Waals surface area contributed by atoms with Crippen molar-refractivity contribution in [2.24, 2.45) is 0 Å². The molecule has 1 aromatic heterocycles. The Morgan fingerprint density at radius 1 is 1.04 bits per heavy atom. The van der Waals surface area contributed by atoms with Crippen LogP contribution in [0.2, 0.25) is 0 Å². The van der Waals surface area contributed by atoms with Gasteiger partial charge in [-0.15, -0.1) is 0 Å². The van der Waals surface area contributed by atoms with Gasteiger partial charge in [-0.1, -0.05) is 0 Å². The highest BCUT2D eigenvalue weighted by molar-refractivity contribution is 7.88. The van der Waals surface area contributed by atoms with E-state index in [1.54, 1.807) is 6.07 Å². The van der Waals surface area contributed by atoms with Crippen molar-refractivity contribution in [3.05, 3.63) is 47.8 Å². The number of nitrogens with zero attached hydrogens (tertiary/aromatic N) is 3. The molecule has 1 aromatic carbocycles. The number of benzene rings is 1. The SMILES string of the molecule is O=S(=O)(Cc1cc(F)cc(F)c1)NCCNc1cc(N2CCOCC2)ncn1. The molecular formula is C17H21F2N5O3S. The Morgan fingerprint density at radius 2 is 1.75 bits per heavy atom. The van der Waals surface area contributed by atoms with Crippen molar-refractivity contribution in [2.45, 2.75) is 5.75 Å². The van der Waals surface area contributed by atoms with Gasteiger partial charge in [0.1, 0.15) is 29.6 Å². The molecule has 2 aromatic rings. The summed E-state index contributed by atoms with van der Waals surface area (Å²) in [6, 6.07) is 4.47. The van der Waals surface area contributed by atoms with Gasteiger partial charge in [0.25, 0.3) is 0 Å². The maximum atomic E-state index is 13.2. The molecule has 0 unspecified atom stereocenters. The first-order chi connectivity index (χ1) is 13.4. The normalized spacial score (nSPS) is 14.9. The number of ether oxygens (including phenoxy) is 1. The Bertz CT molecular complexity index is 887. The topological polar surface area (TPSA) is 96.5 Å². The molecule has 0 atom stereocenters. The van der Waals surface area contributed by atoms with Crippen LogP contribution in [0.3, 0.4) is 0 Å². The van der Waals surface area contributed by atoms with E-state index in [0.29, 0.717) is 25.1 Å². The molecule has 0 radical (unpaired) electrons. The van der Waals surface area contributed by atoms with Gasteiger partial charge in [0.15, 0.2) is 0 Å². The molecule has 2 heterocycles. The van der Waals surface area contributed by atoms with Gasteiger partial charge < -0.3 is 15.0 Å². The van der Waals surface area contributed by atoms with Gasteiger partial charge in [0, 0.05) is 38.3 Å². The second-order valence-corrected chi connectivity index (χ2v) is 8.03. The van der Waals surface area contributed by atoms with E-state index in [9.17, 15) is 17.2 Å². The van der Waals surface area contributed by atoms with Gasteiger partial charge in [-0.25, -0.2) is 31.9 Å². The lowest BCUT2D eigenvalue weighted by Crippen LogP contribution is -2.36. The first-order valence-corrected chi connectivity index (χ1v) is 10.4. The molecule has 3 rings (SSSR count). The van der Waals surface area contributed by atoms with E-state index in [1.165, 1.54) is 6.33 Å².